The number of methoxy groups -OCH3 is 1. The van der Waals surface area contributed by atoms with E-state index in [2.05, 4.69) is 6.92 Å². The Hall–Kier alpha value is -1.16. The van der Waals surface area contributed by atoms with Crippen molar-refractivity contribution in [3.63, 3.8) is 0 Å². The molecule has 1 aromatic rings. The van der Waals surface area contributed by atoms with E-state index < -0.39 is 11.6 Å². The van der Waals surface area contributed by atoms with E-state index in [-0.39, 0.29) is 11.7 Å². The first-order valence-electron chi connectivity index (χ1n) is 11.7. The fourth-order valence-corrected chi connectivity index (χ4v) is 6.63. The first-order chi connectivity index (χ1) is 14.1. The molecule has 0 aromatic heterocycles. The SMILES string of the molecule is CCOC1CCC(C2CCC3CC(c4cc(F)c(OC)c(F)c4)CCC3C2)CC1. The normalized spacial score (nSPS) is 35.2. The van der Waals surface area contributed by atoms with Crippen LogP contribution in [0.3, 0.4) is 0 Å². The van der Waals surface area contributed by atoms with Crippen LogP contribution < -0.4 is 4.74 Å². The highest BCUT2D eigenvalue weighted by molar-refractivity contribution is 5.33. The van der Waals surface area contributed by atoms with E-state index in [9.17, 15) is 8.78 Å². The zero-order chi connectivity index (χ0) is 20.4. The van der Waals surface area contributed by atoms with Crippen molar-refractivity contribution in [2.75, 3.05) is 13.7 Å². The van der Waals surface area contributed by atoms with E-state index >= 15 is 0 Å². The highest BCUT2D eigenvalue weighted by Gasteiger charge is 2.39. The fourth-order valence-electron chi connectivity index (χ4n) is 6.63. The second-order valence-corrected chi connectivity index (χ2v) is 9.61. The second kappa shape index (κ2) is 9.32. The molecule has 0 aliphatic heterocycles. The van der Waals surface area contributed by atoms with Crippen molar-refractivity contribution in [1.82, 2.24) is 0 Å². The van der Waals surface area contributed by atoms with Crippen molar-refractivity contribution >= 4 is 0 Å². The molecule has 0 radical (unpaired) electrons. The lowest BCUT2D eigenvalue weighted by atomic mass is 9.60. The summed E-state index contributed by atoms with van der Waals surface area (Å²) in [5, 5.41) is 0. The molecule has 0 amide bonds. The summed E-state index contributed by atoms with van der Waals surface area (Å²) in [5.41, 5.74) is 0.815. The second-order valence-electron chi connectivity index (χ2n) is 9.61. The Morgan fingerprint density at radius 3 is 1.97 bits per heavy atom. The maximum absolute atomic E-state index is 14.2. The third-order valence-electron chi connectivity index (χ3n) is 8.14. The fraction of sp³-hybridized carbons (Fsp3) is 0.760. The van der Waals surface area contributed by atoms with Crippen LogP contribution >= 0.6 is 0 Å². The Morgan fingerprint density at radius 2 is 1.34 bits per heavy atom. The van der Waals surface area contributed by atoms with Crippen LogP contribution in [0.25, 0.3) is 0 Å². The number of hydrogen-bond acceptors (Lipinski definition) is 2. The Kier molecular flexibility index (Phi) is 6.78. The minimum absolute atomic E-state index is 0.262. The predicted molar refractivity (Wildman–Crippen MR) is 111 cm³/mol. The molecular weight excluding hydrogens is 370 g/mol. The number of halogens is 2. The van der Waals surface area contributed by atoms with Crippen molar-refractivity contribution in [3.05, 3.63) is 29.3 Å². The highest BCUT2D eigenvalue weighted by Crippen LogP contribution is 2.50. The van der Waals surface area contributed by atoms with Gasteiger partial charge in [0.1, 0.15) is 0 Å². The van der Waals surface area contributed by atoms with Gasteiger partial charge in [0.25, 0.3) is 0 Å². The van der Waals surface area contributed by atoms with Crippen LogP contribution in [-0.2, 0) is 4.74 Å². The van der Waals surface area contributed by atoms with Gasteiger partial charge in [0.15, 0.2) is 17.4 Å². The molecule has 4 atom stereocenters. The lowest BCUT2D eigenvalue weighted by Gasteiger charge is -2.45. The summed E-state index contributed by atoms with van der Waals surface area (Å²) in [5.74, 6) is 2.17. The Bertz CT molecular complexity index is 660. The molecule has 4 rings (SSSR count). The number of benzene rings is 1. The van der Waals surface area contributed by atoms with Crippen LogP contribution in [0.15, 0.2) is 12.1 Å². The van der Waals surface area contributed by atoms with E-state index in [1.807, 2.05) is 0 Å². The maximum atomic E-state index is 14.2. The Labute approximate surface area is 174 Å². The third-order valence-corrected chi connectivity index (χ3v) is 8.14. The molecule has 2 nitrogen and oxygen atoms in total. The van der Waals surface area contributed by atoms with Gasteiger partial charge in [-0.05, 0) is 118 Å². The summed E-state index contributed by atoms with van der Waals surface area (Å²) in [4.78, 5) is 0. The molecule has 0 spiro atoms. The van der Waals surface area contributed by atoms with Gasteiger partial charge in [0.05, 0.1) is 13.2 Å². The van der Waals surface area contributed by atoms with Gasteiger partial charge in [-0.2, -0.15) is 0 Å². The van der Waals surface area contributed by atoms with Crippen LogP contribution in [-0.4, -0.2) is 19.8 Å². The molecular formula is C25H36F2O2. The number of rotatable bonds is 5. The summed E-state index contributed by atoms with van der Waals surface area (Å²) >= 11 is 0. The van der Waals surface area contributed by atoms with E-state index in [1.165, 1.54) is 70.6 Å². The van der Waals surface area contributed by atoms with Gasteiger partial charge in [-0.25, -0.2) is 8.78 Å². The molecule has 0 saturated heterocycles. The van der Waals surface area contributed by atoms with Crippen molar-refractivity contribution in [1.29, 1.82) is 0 Å². The molecule has 1 aromatic carbocycles. The first-order valence-corrected chi connectivity index (χ1v) is 11.7. The summed E-state index contributed by atoms with van der Waals surface area (Å²) in [6.45, 7) is 2.93. The van der Waals surface area contributed by atoms with Crippen LogP contribution in [0, 0.1) is 35.3 Å². The Morgan fingerprint density at radius 1 is 0.793 bits per heavy atom. The number of ether oxygens (including phenoxy) is 2. The zero-order valence-electron chi connectivity index (χ0n) is 18.0. The minimum atomic E-state index is -0.573. The van der Waals surface area contributed by atoms with Crippen molar-refractivity contribution in [2.45, 2.75) is 83.2 Å². The van der Waals surface area contributed by atoms with Crippen LogP contribution in [0.2, 0.25) is 0 Å². The summed E-state index contributed by atoms with van der Waals surface area (Å²) in [7, 11) is 1.31. The van der Waals surface area contributed by atoms with Crippen LogP contribution in [0.4, 0.5) is 8.78 Å². The number of fused-ring (bicyclic) bond motifs is 1. The minimum Gasteiger partial charge on any atom is -0.491 e. The molecule has 162 valence electrons. The molecule has 3 saturated carbocycles. The molecule has 4 unspecified atom stereocenters. The molecule has 0 N–H and O–H groups in total. The number of hydrogen-bond donors (Lipinski definition) is 0. The lowest BCUT2D eigenvalue weighted by molar-refractivity contribution is 0.00583. The molecule has 0 heterocycles. The Balaban J connectivity index is 1.33. The van der Waals surface area contributed by atoms with Gasteiger partial charge >= 0.3 is 0 Å². The van der Waals surface area contributed by atoms with Crippen molar-refractivity contribution in [2.24, 2.45) is 23.7 Å². The van der Waals surface area contributed by atoms with Gasteiger partial charge in [-0.3, -0.25) is 0 Å². The van der Waals surface area contributed by atoms with E-state index in [4.69, 9.17) is 9.47 Å². The predicted octanol–water partition coefficient (Wildman–Crippen LogP) is 6.87. The molecule has 29 heavy (non-hydrogen) atoms. The van der Waals surface area contributed by atoms with Crippen LogP contribution in [0.5, 0.6) is 5.75 Å². The van der Waals surface area contributed by atoms with Gasteiger partial charge in [-0.15, -0.1) is 0 Å². The molecule has 3 aliphatic carbocycles. The largest absolute Gasteiger partial charge is 0.491 e. The molecule has 4 heteroatoms. The van der Waals surface area contributed by atoms with Crippen molar-refractivity contribution < 1.29 is 18.3 Å². The molecule has 3 aliphatic rings. The first kappa shape index (κ1) is 21.1. The average Bonchev–Trinajstić information content (AvgIpc) is 2.73. The van der Waals surface area contributed by atoms with Gasteiger partial charge < -0.3 is 9.47 Å². The molecule has 0 bridgehead atoms. The van der Waals surface area contributed by atoms with Gasteiger partial charge in [0, 0.05) is 6.61 Å². The van der Waals surface area contributed by atoms with Crippen LogP contribution in [0.1, 0.15) is 82.6 Å². The maximum Gasteiger partial charge on any atom is 0.190 e. The van der Waals surface area contributed by atoms with E-state index in [0.717, 1.165) is 48.7 Å². The summed E-state index contributed by atoms with van der Waals surface area (Å²) in [6, 6.07) is 2.99. The van der Waals surface area contributed by atoms with E-state index in [1.54, 1.807) is 0 Å². The van der Waals surface area contributed by atoms with E-state index in [0.29, 0.717) is 6.10 Å². The summed E-state index contributed by atoms with van der Waals surface area (Å²) < 4.78 is 39.0. The zero-order valence-corrected chi connectivity index (χ0v) is 18.0. The van der Waals surface area contributed by atoms with Gasteiger partial charge in [0.2, 0.25) is 0 Å². The van der Waals surface area contributed by atoms with Gasteiger partial charge in [-0.1, -0.05) is 0 Å². The summed E-state index contributed by atoms with van der Waals surface area (Å²) in [6.07, 6.45) is 13.0. The highest BCUT2D eigenvalue weighted by atomic mass is 19.1. The average molecular weight is 407 g/mol. The topological polar surface area (TPSA) is 18.5 Å². The standard InChI is InChI=1S/C25H36F2O2/c1-3-29-22-10-8-16(9-11-22)17-4-5-19-13-20(7-6-18(19)12-17)21-14-23(26)25(28-2)24(27)15-21/h14-20,22H,3-13H2,1-2H3. The quantitative estimate of drug-likeness (QED) is 0.531. The molecule has 3 fully saturated rings. The van der Waals surface area contributed by atoms with Crippen molar-refractivity contribution in [3.8, 4) is 5.75 Å². The third kappa shape index (κ3) is 4.62. The lowest BCUT2D eigenvalue weighted by Crippen LogP contribution is -2.35. The monoisotopic (exact) mass is 406 g/mol. The smallest absolute Gasteiger partial charge is 0.190 e.